The number of anilines is 5. The molecule has 4 aromatic rings. The van der Waals surface area contributed by atoms with Crippen LogP contribution in [0.2, 0.25) is 0 Å². The second kappa shape index (κ2) is 25.9. The van der Waals surface area contributed by atoms with Crippen molar-refractivity contribution in [1.29, 1.82) is 0 Å². The van der Waals surface area contributed by atoms with Gasteiger partial charge in [0.15, 0.2) is 11.6 Å². The van der Waals surface area contributed by atoms with Gasteiger partial charge in [-0.2, -0.15) is 0 Å². The Kier molecular flexibility index (Phi) is 20.7. The lowest BCUT2D eigenvalue weighted by Gasteiger charge is -2.26. The minimum Gasteiger partial charge on any atom is -0.354 e. The summed E-state index contributed by atoms with van der Waals surface area (Å²) in [6, 6.07) is 14.0. The third-order valence-corrected chi connectivity index (χ3v) is 16.7. The lowest BCUT2D eigenvalue weighted by molar-refractivity contribution is 0.0980. The van der Waals surface area contributed by atoms with E-state index in [2.05, 4.69) is 33.9 Å². The van der Waals surface area contributed by atoms with Gasteiger partial charge < -0.3 is 10.6 Å². The Morgan fingerprint density at radius 1 is 0.456 bits per heavy atom. The molecule has 0 amide bonds. The van der Waals surface area contributed by atoms with Gasteiger partial charge in [0.05, 0.1) is 38.8 Å². The van der Waals surface area contributed by atoms with Gasteiger partial charge in [-0.25, -0.2) is 21.6 Å². The summed E-state index contributed by atoms with van der Waals surface area (Å²) in [7, 11) is -7.54. The molecule has 0 atom stereocenters. The van der Waals surface area contributed by atoms with E-state index in [1.165, 1.54) is 83.5 Å². The summed E-state index contributed by atoms with van der Waals surface area (Å²) >= 11 is 0. The van der Waals surface area contributed by atoms with E-state index in [4.69, 9.17) is 0 Å². The molecule has 68 heavy (non-hydrogen) atoms. The number of nitrogens with one attached hydrogen (secondary N) is 4. The van der Waals surface area contributed by atoms with Crippen LogP contribution in [0.1, 0.15) is 207 Å². The van der Waals surface area contributed by atoms with E-state index in [1.807, 2.05) is 39.8 Å². The van der Waals surface area contributed by atoms with Crippen LogP contribution < -0.4 is 20.1 Å². The third-order valence-electron chi connectivity index (χ3n) is 13.6. The molecule has 0 saturated heterocycles. The second-order valence-electron chi connectivity index (χ2n) is 19.3. The van der Waals surface area contributed by atoms with Crippen molar-refractivity contribution in [3.63, 3.8) is 0 Å². The largest absolute Gasteiger partial charge is 0.354 e. The minimum absolute atomic E-state index is 0.0281. The van der Waals surface area contributed by atoms with E-state index < -0.39 is 20.0 Å². The molecule has 4 aromatic carbocycles. The monoisotopic (exact) mass is 969 g/mol. The molecular weight excluding hydrogens is 889 g/mol. The van der Waals surface area contributed by atoms with Crippen molar-refractivity contribution in [2.75, 3.05) is 27.7 Å². The topological polar surface area (TPSA) is 151 Å². The number of sulfonamides is 2. The van der Waals surface area contributed by atoms with Crippen LogP contribution in [-0.4, -0.2) is 40.7 Å². The van der Waals surface area contributed by atoms with Crippen LogP contribution in [0.25, 0.3) is 0 Å². The van der Waals surface area contributed by atoms with Crippen LogP contribution in [-0.2, 0) is 20.0 Å². The Hall–Kier alpha value is -4.52. The van der Waals surface area contributed by atoms with E-state index >= 15 is 0 Å². The Labute approximate surface area is 409 Å². The van der Waals surface area contributed by atoms with Gasteiger partial charge in [-0.05, 0) is 99.9 Å². The number of carbonyl (C=O) groups excluding carboxylic acids is 2. The first-order valence-corrected chi connectivity index (χ1v) is 28.8. The van der Waals surface area contributed by atoms with Crippen molar-refractivity contribution in [3.05, 3.63) is 104 Å². The zero-order chi connectivity index (χ0) is 49.4. The van der Waals surface area contributed by atoms with Crippen molar-refractivity contribution in [2.45, 2.75) is 189 Å². The molecule has 0 saturated carbocycles. The number of unbranched alkanes of at least 4 members (excludes halogenated alkanes) is 18. The average molecular weight is 969 g/mol. The molecule has 0 bridgehead atoms. The molecule has 0 radical (unpaired) electrons. The lowest BCUT2D eigenvalue weighted by Crippen LogP contribution is -2.27. The fourth-order valence-corrected chi connectivity index (χ4v) is 12.7. The molecule has 1 aliphatic rings. The maximum atomic E-state index is 14.6. The molecule has 12 heteroatoms. The molecule has 4 N–H and O–H groups in total. The van der Waals surface area contributed by atoms with Crippen LogP contribution in [0.3, 0.4) is 0 Å². The summed E-state index contributed by atoms with van der Waals surface area (Å²) in [5.41, 5.74) is 7.52. The van der Waals surface area contributed by atoms with E-state index in [0.29, 0.717) is 58.1 Å². The first-order chi connectivity index (χ1) is 32.5. The normalized spacial score (nSPS) is 12.6. The zero-order valence-corrected chi connectivity index (χ0v) is 44.1. The highest BCUT2D eigenvalue weighted by Gasteiger charge is 2.35. The minimum atomic E-state index is -3.88. The Bertz CT molecular complexity index is 2600. The number of benzene rings is 4. The fourth-order valence-electron chi connectivity index (χ4n) is 9.89. The van der Waals surface area contributed by atoms with Crippen LogP contribution in [0.15, 0.2) is 53.4 Å². The van der Waals surface area contributed by atoms with Gasteiger partial charge in [-0.1, -0.05) is 166 Å². The van der Waals surface area contributed by atoms with E-state index in [-0.39, 0.29) is 44.5 Å². The molecule has 372 valence electrons. The maximum Gasteiger partial charge on any atom is 0.241 e. The number of carbonyl (C=O) groups is 2. The van der Waals surface area contributed by atoms with Crippen LogP contribution in [0, 0.1) is 41.5 Å². The van der Waals surface area contributed by atoms with Crippen LogP contribution in [0.4, 0.5) is 28.4 Å². The summed E-state index contributed by atoms with van der Waals surface area (Å²) in [5.74, 6) is -0.647. The van der Waals surface area contributed by atoms with Crippen molar-refractivity contribution >= 4 is 60.1 Å². The van der Waals surface area contributed by atoms with Gasteiger partial charge in [0.2, 0.25) is 20.0 Å². The molecule has 0 unspecified atom stereocenters. The first-order valence-electron chi connectivity index (χ1n) is 25.6. The zero-order valence-electron chi connectivity index (χ0n) is 42.4. The standard InChI is InChI=1S/C56H80N4O6S2/c1-9-11-13-15-17-19-21-23-25-29-35-57-68(65,66)56-42(6)38-40(4)52(44(56)8)59-48-34-33-47(49-50(48)55(62)46-32-28-27-31-45(46)54(49)61)58-51-39(3)37-41(5)53(43(51)7)60-67(63,64)36-30-26-24-22-20-18-16-14-12-10-2/h27-28,31-34,37-38,57-60H,9-26,29-30,35-36H2,1-8H3. The Morgan fingerprint density at radius 2 is 0.853 bits per heavy atom. The highest BCUT2D eigenvalue weighted by Crippen LogP contribution is 2.42. The summed E-state index contributed by atoms with van der Waals surface area (Å²) in [5, 5.41) is 6.89. The van der Waals surface area contributed by atoms with Gasteiger partial charge in [-0.3, -0.25) is 14.3 Å². The van der Waals surface area contributed by atoms with Gasteiger partial charge in [0.25, 0.3) is 0 Å². The summed E-state index contributed by atoms with van der Waals surface area (Å²) in [4.78, 5) is 29.4. The smallest absolute Gasteiger partial charge is 0.241 e. The number of aryl methyl sites for hydroxylation is 4. The van der Waals surface area contributed by atoms with E-state index in [0.717, 1.165) is 55.2 Å². The fraction of sp³-hybridized carbons (Fsp3) is 0.536. The molecule has 1 aliphatic carbocycles. The van der Waals surface area contributed by atoms with Gasteiger partial charge in [0, 0.05) is 29.0 Å². The molecule has 5 rings (SSSR count). The van der Waals surface area contributed by atoms with Gasteiger partial charge >= 0.3 is 0 Å². The quantitative estimate of drug-likeness (QED) is 0.0332. The van der Waals surface area contributed by atoms with Gasteiger partial charge in [0.1, 0.15) is 0 Å². The van der Waals surface area contributed by atoms with Crippen molar-refractivity contribution in [1.82, 2.24) is 4.72 Å². The third kappa shape index (κ3) is 14.3. The SMILES string of the molecule is CCCCCCCCCCCCNS(=O)(=O)c1c(C)cc(C)c(Nc2ccc(Nc3c(C)cc(C)c(NS(=O)(=O)CCCCCCCCCCCC)c3C)c3c2C(=O)c2ccccc2C3=O)c1C. The summed E-state index contributed by atoms with van der Waals surface area (Å²) < 4.78 is 60.6. The highest BCUT2D eigenvalue weighted by molar-refractivity contribution is 7.92. The number of ketones is 2. The van der Waals surface area contributed by atoms with Gasteiger partial charge in [-0.15, -0.1) is 0 Å². The Balaban J connectivity index is 1.37. The summed E-state index contributed by atoms with van der Waals surface area (Å²) in [6.07, 6.45) is 22.7. The highest BCUT2D eigenvalue weighted by atomic mass is 32.2. The summed E-state index contributed by atoms with van der Waals surface area (Å²) in [6.45, 7) is 15.9. The Morgan fingerprint density at radius 3 is 1.32 bits per heavy atom. The number of rotatable bonds is 30. The molecule has 0 aliphatic heterocycles. The predicted octanol–water partition coefficient (Wildman–Crippen LogP) is 14.7. The van der Waals surface area contributed by atoms with E-state index in [1.54, 1.807) is 50.2 Å². The molecule has 0 heterocycles. The molecular formula is C56H80N4O6S2. The second-order valence-corrected chi connectivity index (χ2v) is 22.8. The molecule has 10 nitrogen and oxygen atoms in total. The molecule has 0 aromatic heterocycles. The van der Waals surface area contributed by atoms with Crippen LogP contribution >= 0.6 is 0 Å². The number of hydrogen-bond donors (Lipinski definition) is 4. The number of fused-ring (bicyclic) bond motifs is 2. The van der Waals surface area contributed by atoms with Crippen molar-refractivity contribution in [2.24, 2.45) is 0 Å². The maximum absolute atomic E-state index is 14.6. The van der Waals surface area contributed by atoms with E-state index in [9.17, 15) is 26.4 Å². The predicted molar refractivity (Wildman–Crippen MR) is 284 cm³/mol. The van der Waals surface area contributed by atoms with Crippen molar-refractivity contribution < 1.29 is 26.4 Å². The first kappa shape index (κ1) is 54.4. The number of hydrogen-bond acceptors (Lipinski definition) is 8. The van der Waals surface area contributed by atoms with Crippen LogP contribution in [0.5, 0.6) is 0 Å². The lowest BCUT2D eigenvalue weighted by atomic mass is 9.82. The molecule has 0 spiro atoms. The van der Waals surface area contributed by atoms with Crippen molar-refractivity contribution in [3.8, 4) is 0 Å². The average Bonchev–Trinajstić information content (AvgIpc) is 3.29. The molecule has 0 fully saturated rings.